The molecule has 7 nitrogen and oxygen atoms in total. The maximum atomic E-state index is 9.36. The average Bonchev–Trinajstić information content (AvgIpc) is 3.12. The number of nitriles is 1. The molecule has 4 rings (SSSR count). The lowest BCUT2D eigenvalue weighted by atomic mass is 9.86. The van der Waals surface area contributed by atoms with Gasteiger partial charge in [-0.2, -0.15) is 5.26 Å². The quantitative estimate of drug-likeness (QED) is 0.569. The topological polar surface area (TPSA) is 82.7 Å². The second kappa shape index (κ2) is 8.35. The fourth-order valence-electron chi connectivity index (χ4n) is 4.12. The molecule has 0 saturated carbocycles. The van der Waals surface area contributed by atoms with Crippen LogP contribution in [0.25, 0.3) is 11.2 Å². The lowest BCUT2D eigenvalue weighted by molar-refractivity contribution is 0.405. The Balaban J connectivity index is 1.55. The molecule has 1 aromatic carbocycles. The number of anilines is 2. The van der Waals surface area contributed by atoms with E-state index in [4.69, 9.17) is 16.6 Å². The third-order valence-corrected chi connectivity index (χ3v) is 6.19. The van der Waals surface area contributed by atoms with E-state index in [-0.39, 0.29) is 12.1 Å². The molecule has 1 saturated heterocycles. The van der Waals surface area contributed by atoms with Gasteiger partial charge in [-0.15, -0.1) is 0 Å². The van der Waals surface area contributed by atoms with Gasteiger partial charge in [-0.3, -0.25) is 4.57 Å². The van der Waals surface area contributed by atoms with Gasteiger partial charge in [-0.1, -0.05) is 23.7 Å². The second-order valence-corrected chi connectivity index (χ2v) is 9.30. The second-order valence-electron chi connectivity index (χ2n) is 8.94. The summed E-state index contributed by atoms with van der Waals surface area (Å²) in [5, 5.41) is 13.2. The molecule has 1 fully saturated rings. The molecule has 0 aliphatic carbocycles. The van der Waals surface area contributed by atoms with Gasteiger partial charge in [-0.25, -0.2) is 15.0 Å². The molecule has 8 heteroatoms. The number of fused-ring (bicyclic) bond motifs is 1. The van der Waals surface area contributed by atoms with Crippen LogP contribution in [0, 0.1) is 11.3 Å². The molecule has 3 aromatic rings. The monoisotopic (exact) mass is 437 g/mol. The molecule has 2 aromatic heterocycles. The molecule has 0 amide bonds. The van der Waals surface area contributed by atoms with E-state index in [9.17, 15) is 5.26 Å². The number of imidazole rings is 1. The van der Waals surface area contributed by atoms with Gasteiger partial charge in [0.1, 0.15) is 11.8 Å². The molecule has 0 spiro atoms. The van der Waals surface area contributed by atoms with Crippen LogP contribution in [0.3, 0.4) is 0 Å². The van der Waals surface area contributed by atoms with Crippen molar-refractivity contribution in [3.63, 3.8) is 0 Å². The molecule has 0 atom stereocenters. The molecule has 0 bridgehead atoms. The molecule has 0 radical (unpaired) electrons. The Morgan fingerprint density at radius 1 is 1.16 bits per heavy atom. The SMILES string of the molecule is CC(C)Nc1nc2c(Cl)ncnc2n1C1CCN(c2ccc(C(C)(C)C#N)cc2)CC1. The minimum atomic E-state index is -0.475. The van der Waals surface area contributed by atoms with E-state index in [1.54, 1.807) is 0 Å². The molecule has 0 unspecified atom stereocenters. The van der Waals surface area contributed by atoms with Crippen LogP contribution < -0.4 is 10.2 Å². The lowest BCUT2D eigenvalue weighted by Gasteiger charge is -2.35. The first-order valence-corrected chi connectivity index (χ1v) is 11.1. The number of rotatable bonds is 5. The Kier molecular flexibility index (Phi) is 5.76. The highest BCUT2D eigenvalue weighted by Crippen LogP contribution is 2.34. The Labute approximate surface area is 188 Å². The molecular formula is C23H28ClN7. The van der Waals surface area contributed by atoms with Crippen LogP contribution in [0.5, 0.6) is 0 Å². The van der Waals surface area contributed by atoms with Crippen LogP contribution in [0.4, 0.5) is 11.6 Å². The Morgan fingerprint density at radius 2 is 1.84 bits per heavy atom. The van der Waals surface area contributed by atoms with E-state index in [1.807, 2.05) is 13.8 Å². The Morgan fingerprint density at radius 3 is 2.45 bits per heavy atom. The molecule has 1 N–H and O–H groups in total. The number of halogens is 1. The van der Waals surface area contributed by atoms with Gasteiger partial charge in [-0.05, 0) is 58.2 Å². The van der Waals surface area contributed by atoms with Gasteiger partial charge >= 0.3 is 0 Å². The molecule has 31 heavy (non-hydrogen) atoms. The van der Waals surface area contributed by atoms with E-state index < -0.39 is 5.41 Å². The number of benzene rings is 1. The third kappa shape index (κ3) is 4.17. The summed E-state index contributed by atoms with van der Waals surface area (Å²) in [5.41, 5.74) is 3.18. The number of hydrogen-bond donors (Lipinski definition) is 1. The van der Waals surface area contributed by atoms with E-state index in [1.165, 1.54) is 12.0 Å². The number of nitrogens with zero attached hydrogens (tertiary/aromatic N) is 6. The van der Waals surface area contributed by atoms with Gasteiger partial charge in [0, 0.05) is 30.9 Å². The van der Waals surface area contributed by atoms with E-state index in [0.29, 0.717) is 10.7 Å². The summed E-state index contributed by atoms with van der Waals surface area (Å²) in [5.74, 6) is 0.800. The third-order valence-electron chi connectivity index (χ3n) is 5.91. The molecular weight excluding hydrogens is 410 g/mol. The van der Waals surface area contributed by atoms with Crippen molar-refractivity contribution in [2.45, 2.75) is 58.0 Å². The Bertz CT molecular complexity index is 1100. The van der Waals surface area contributed by atoms with E-state index >= 15 is 0 Å². The summed E-state index contributed by atoms with van der Waals surface area (Å²) in [6.45, 7) is 9.95. The summed E-state index contributed by atoms with van der Waals surface area (Å²) in [7, 11) is 0. The number of hydrogen-bond acceptors (Lipinski definition) is 6. The maximum Gasteiger partial charge on any atom is 0.205 e. The van der Waals surface area contributed by atoms with Gasteiger partial charge < -0.3 is 10.2 Å². The summed E-state index contributed by atoms with van der Waals surface area (Å²) in [4.78, 5) is 15.7. The fraction of sp³-hybridized carbons (Fsp3) is 0.478. The number of nitrogens with one attached hydrogen (secondary N) is 1. The number of piperidine rings is 1. The number of aromatic nitrogens is 4. The Hall–Kier alpha value is -2.85. The van der Waals surface area contributed by atoms with Crippen LogP contribution in [-0.4, -0.2) is 38.7 Å². The zero-order chi connectivity index (χ0) is 22.2. The summed E-state index contributed by atoms with van der Waals surface area (Å²) in [6, 6.07) is 11.3. The summed E-state index contributed by atoms with van der Waals surface area (Å²) < 4.78 is 2.19. The van der Waals surface area contributed by atoms with E-state index in [0.717, 1.165) is 43.1 Å². The van der Waals surface area contributed by atoms with Gasteiger partial charge in [0.15, 0.2) is 10.8 Å². The summed E-state index contributed by atoms with van der Waals surface area (Å²) >= 11 is 6.29. The van der Waals surface area contributed by atoms with E-state index in [2.05, 4.69) is 68.9 Å². The molecule has 1 aliphatic heterocycles. The zero-order valence-corrected chi connectivity index (χ0v) is 19.2. The first kappa shape index (κ1) is 21.4. The average molecular weight is 438 g/mol. The molecule has 3 heterocycles. The van der Waals surface area contributed by atoms with Crippen LogP contribution in [0.2, 0.25) is 5.15 Å². The van der Waals surface area contributed by atoms with Crippen molar-refractivity contribution < 1.29 is 0 Å². The van der Waals surface area contributed by atoms with Gasteiger partial charge in [0.25, 0.3) is 0 Å². The van der Waals surface area contributed by atoms with Gasteiger partial charge in [0.05, 0.1) is 11.5 Å². The van der Waals surface area contributed by atoms with Crippen LogP contribution in [0.15, 0.2) is 30.6 Å². The maximum absolute atomic E-state index is 9.36. The van der Waals surface area contributed by atoms with Crippen molar-refractivity contribution in [3.05, 3.63) is 41.3 Å². The minimum absolute atomic E-state index is 0.249. The van der Waals surface area contributed by atoms with Gasteiger partial charge in [0.2, 0.25) is 5.95 Å². The highest BCUT2D eigenvalue weighted by Gasteiger charge is 2.27. The predicted octanol–water partition coefficient (Wildman–Crippen LogP) is 4.94. The van der Waals surface area contributed by atoms with Crippen molar-refractivity contribution in [2.24, 2.45) is 0 Å². The first-order chi connectivity index (χ1) is 14.8. The van der Waals surface area contributed by atoms with Crippen LogP contribution >= 0.6 is 11.6 Å². The standard InChI is InChI=1S/C23H28ClN7/c1-15(2)28-22-29-19-20(24)26-14-27-21(19)31(22)18-9-11-30(12-10-18)17-7-5-16(6-8-17)23(3,4)13-25/h5-8,14-15,18H,9-12H2,1-4H3,(H,28,29). The van der Waals surface area contributed by atoms with Crippen molar-refractivity contribution in [1.29, 1.82) is 5.26 Å². The van der Waals surface area contributed by atoms with Crippen molar-refractivity contribution in [1.82, 2.24) is 19.5 Å². The summed E-state index contributed by atoms with van der Waals surface area (Å²) in [6.07, 6.45) is 3.46. The van der Waals surface area contributed by atoms with Crippen molar-refractivity contribution in [3.8, 4) is 6.07 Å². The zero-order valence-electron chi connectivity index (χ0n) is 18.4. The molecule has 162 valence electrons. The highest BCUT2D eigenvalue weighted by molar-refractivity contribution is 6.33. The predicted molar refractivity (Wildman–Crippen MR) is 125 cm³/mol. The normalized spacial score (nSPS) is 15.5. The smallest absolute Gasteiger partial charge is 0.205 e. The first-order valence-electron chi connectivity index (χ1n) is 10.7. The molecule has 1 aliphatic rings. The van der Waals surface area contributed by atoms with Crippen molar-refractivity contribution in [2.75, 3.05) is 23.3 Å². The van der Waals surface area contributed by atoms with Crippen molar-refractivity contribution >= 4 is 34.4 Å². The van der Waals surface area contributed by atoms with Crippen LogP contribution in [-0.2, 0) is 5.41 Å². The fourth-order valence-corrected chi connectivity index (χ4v) is 4.29. The van der Waals surface area contributed by atoms with Crippen LogP contribution in [0.1, 0.15) is 52.1 Å². The lowest BCUT2D eigenvalue weighted by Crippen LogP contribution is -2.35. The largest absolute Gasteiger partial charge is 0.371 e. The highest BCUT2D eigenvalue weighted by atomic mass is 35.5. The minimum Gasteiger partial charge on any atom is -0.371 e.